The zero-order chi connectivity index (χ0) is 25.9. The van der Waals surface area contributed by atoms with Gasteiger partial charge in [-0.3, -0.25) is 0 Å². The lowest BCUT2D eigenvalue weighted by molar-refractivity contribution is -0.137. The van der Waals surface area contributed by atoms with E-state index in [1.165, 1.54) is 12.1 Å². The van der Waals surface area contributed by atoms with Crippen LogP contribution in [-0.2, 0) is 25.5 Å². The molecule has 0 amide bonds. The Bertz CT molecular complexity index is 1290. The molecule has 0 radical (unpaired) electrons. The van der Waals surface area contributed by atoms with Gasteiger partial charge in [0.2, 0.25) is 0 Å². The minimum Gasteiger partial charge on any atom is -0.462 e. The van der Waals surface area contributed by atoms with Gasteiger partial charge in [0.05, 0.1) is 7.98 Å². The summed E-state index contributed by atoms with van der Waals surface area (Å²) in [6.45, 7) is 6.96. The van der Waals surface area contributed by atoms with Gasteiger partial charge < -0.3 is 14.2 Å². The monoisotopic (exact) mass is 469 g/mol. The first-order valence-electron chi connectivity index (χ1n) is 11.2. The predicted octanol–water partition coefficient (Wildman–Crippen LogP) is 5.34. The van der Waals surface area contributed by atoms with E-state index in [0.717, 1.165) is 28.8 Å². The van der Waals surface area contributed by atoms with Crippen LogP contribution < -0.4 is 9.47 Å². The van der Waals surface area contributed by atoms with Crippen LogP contribution >= 0.6 is 0 Å². The van der Waals surface area contributed by atoms with Gasteiger partial charge in [0.1, 0.15) is 11.5 Å². The number of carbonyl (C=O) groups is 3. The first-order chi connectivity index (χ1) is 17.4. The van der Waals surface area contributed by atoms with Crippen molar-refractivity contribution in [2.75, 3.05) is 6.61 Å². The van der Waals surface area contributed by atoms with E-state index in [1.54, 1.807) is 42.5 Å². The molecule has 0 bridgehead atoms. The van der Waals surface area contributed by atoms with Crippen molar-refractivity contribution in [3.05, 3.63) is 115 Å². The quantitative estimate of drug-likeness (QED) is 0.227. The average Bonchev–Trinajstić information content (AvgIpc) is 2.88. The van der Waals surface area contributed by atoms with Crippen LogP contribution in [0.4, 0.5) is 0 Å². The third kappa shape index (κ3) is 7.98. The average molecular weight is 470 g/mol. The number of benzene rings is 3. The summed E-state index contributed by atoms with van der Waals surface area (Å²) in [7, 11) is 0. The number of esters is 3. The minimum atomic E-state index is -0.573. The lowest BCUT2D eigenvalue weighted by atomic mass is 10.1. The second-order valence-corrected chi connectivity index (χ2v) is 7.21. The highest BCUT2D eigenvalue weighted by molar-refractivity contribution is 5.88. The second kappa shape index (κ2) is 12.5. The summed E-state index contributed by atoms with van der Waals surface area (Å²) in [5, 5.41) is 0. The molecule has 0 aromatic heterocycles. The van der Waals surface area contributed by atoms with Crippen molar-refractivity contribution in [2.24, 2.45) is 0 Å². The third-order valence-electron chi connectivity index (χ3n) is 4.75. The van der Waals surface area contributed by atoms with Crippen molar-refractivity contribution in [2.45, 2.75) is 6.42 Å². The molecule has 6 heteroatoms. The summed E-state index contributed by atoms with van der Waals surface area (Å²) in [6, 6.07) is 19.1. The third-order valence-corrected chi connectivity index (χ3v) is 4.75. The SMILES string of the molecule is [2H]c1cc(OC(=O)/C=C/c2ccc(CCOC(=O)C=C)cc2)ccc1-c1ccc(OC(=O)C=C)cc1. The van der Waals surface area contributed by atoms with E-state index in [9.17, 15) is 14.4 Å². The van der Waals surface area contributed by atoms with Gasteiger partial charge in [-0.05, 0) is 52.6 Å². The molecule has 0 aliphatic rings. The fraction of sp³-hybridized carbons (Fsp3) is 0.0690. The lowest BCUT2D eigenvalue weighted by Crippen LogP contribution is -2.04. The fourth-order valence-corrected chi connectivity index (χ4v) is 2.95. The van der Waals surface area contributed by atoms with Crippen molar-refractivity contribution in [1.29, 1.82) is 0 Å². The van der Waals surface area contributed by atoms with E-state index in [1.807, 2.05) is 24.3 Å². The summed E-state index contributed by atoms with van der Waals surface area (Å²) in [6.07, 6.45) is 5.71. The van der Waals surface area contributed by atoms with Gasteiger partial charge in [0, 0.05) is 24.6 Å². The number of rotatable bonds is 10. The predicted molar refractivity (Wildman–Crippen MR) is 134 cm³/mol. The molecule has 0 saturated heterocycles. The van der Waals surface area contributed by atoms with Gasteiger partial charge in [-0.1, -0.05) is 61.7 Å². The highest BCUT2D eigenvalue weighted by atomic mass is 16.5. The Kier molecular flexibility index (Phi) is 8.38. The standard InChI is InChI=1S/C29H24O6/c1-3-27(30)33-20-19-22-7-5-21(6-8-22)9-18-29(32)35-26-16-12-24(13-17-26)23-10-14-25(15-11-23)34-28(31)4-2/h3-18H,1-2,19-20H2/b18-9+/i12D. The second-order valence-electron chi connectivity index (χ2n) is 7.21. The molecule has 0 N–H and O–H groups in total. The van der Waals surface area contributed by atoms with Crippen molar-refractivity contribution in [1.82, 2.24) is 0 Å². The van der Waals surface area contributed by atoms with E-state index in [-0.39, 0.29) is 18.4 Å². The summed E-state index contributed by atoms with van der Waals surface area (Å²) >= 11 is 0. The molecular formula is C29H24O6. The molecular weight excluding hydrogens is 444 g/mol. The van der Waals surface area contributed by atoms with Crippen LogP contribution in [0.1, 0.15) is 12.5 Å². The molecule has 0 heterocycles. The molecule has 0 saturated carbocycles. The highest BCUT2D eigenvalue weighted by Gasteiger charge is 2.05. The first kappa shape index (κ1) is 23.4. The van der Waals surface area contributed by atoms with Gasteiger partial charge in [-0.15, -0.1) is 0 Å². The summed E-state index contributed by atoms with van der Waals surface area (Å²) in [5.74, 6) is -0.959. The molecule has 0 spiro atoms. The van der Waals surface area contributed by atoms with Gasteiger partial charge in [0.25, 0.3) is 0 Å². The van der Waals surface area contributed by atoms with Gasteiger partial charge >= 0.3 is 17.9 Å². The van der Waals surface area contributed by atoms with Crippen molar-refractivity contribution < 1.29 is 30.0 Å². The van der Waals surface area contributed by atoms with Crippen LogP contribution in [-0.4, -0.2) is 24.5 Å². The molecule has 3 rings (SSSR count). The Balaban J connectivity index is 1.56. The van der Waals surface area contributed by atoms with E-state index in [0.29, 0.717) is 17.7 Å². The molecule has 3 aromatic carbocycles. The summed E-state index contributed by atoms with van der Waals surface area (Å²) < 4.78 is 23.6. The molecule has 0 atom stereocenters. The number of hydrogen-bond donors (Lipinski definition) is 0. The maximum absolute atomic E-state index is 12.2. The van der Waals surface area contributed by atoms with Crippen LogP contribution in [0.2, 0.25) is 0 Å². The molecule has 176 valence electrons. The number of ether oxygens (including phenoxy) is 3. The molecule has 0 aliphatic carbocycles. The van der Waals surface area contributed by atoms with Gasteiger partial charge in [0.15, 0.2) is 0 Å². The molecule has 0 fully saturated rings. The Morgan fingerprint density at radius 2 is 1.34 bits per heavy atom. The van der Waals surface area contributed by atoms with E-state index in [2.05, 4.69) is 13.2 Å². The lowest BCUT2D eigenvalue weighted by Gasteiger charge is -2.06. The van der Waals surface area contributed by atoms with Gasteiger partial charge in [-0.25, -0.2) is 14.4 Å². The normalized spacial score (nSPS) is 10.8. The van der Waals surface area contributed by atoms with Crippen LogP contribution in [0.3, 0.4) is 0 Å². The van der Waals surface area contributed by atoms with Crippen LogP contribution in [0.15, 0.2) is 104 Å². The minimum absolute atomic E-state index is 0.175. The molecule has 6 nitrogen and oxygen atoms in total. The maximum atomic E-state index is 12.2. The maximum Gasteiger partial charge on any atom is 0.336 e. The molecule has 0 aliphatic heterocycles. The Hall–Kier alpha value is -4.71. The van der Waals surface area contributed by atoms with Crippen LogP contribution in [0, 0.1) is 0 Å². The van der Waals surface area contributed by atoms with Crippen molar-refractivity contribution in [3.8, 4) is 22.6 Å². The van der Waals surface area contributed by atoms with Crippen molar-refractivity contribution >= 4 is 24.0 Å². The fourth-order valence-electron chi connectivity index (χ4n) is 2.95. The van der Waals surface area contributed by atoms with Crippen LogP contribution in [0.25, 0.3) is 17.2 Å². The van der Waals surface area contributed by atoms with E-state index >= 15 is 0 Å². The Morgan fingerprint density at radius 3 is 1.97 bits per heavy atom. The topological polar surface area (TPSA) is 78.9 Å². The van der Waals surface area contributed by atoms with Crippen molar-refractivity contribution in [3.63, 3.8) is 0 Å². The zero-order valence-corrected chi connectivity index (χ0v) is 18.9. The number of carbonyl (C=O) groups excluding carboxylic acids is 3. The Morgan fingerprint density at radius 1 is 0.743 bits per heavy atom. The summed E-state index contributed by atoms with van der Waals surface area (Å²) in [4.78, 5) is 34.6. The number of hydrogen-bond acceptors (Lipinski definition) is 6. The first-order valence-corrected chi connectivity index (χ1v) is 10.7. The largest absolute Gasteiger partial charge is 0.462 e. The molecule has 35 heavy (non-hydrogen) atoms. The van der Waals surface area contributed by atoms with Crippen LogP contribution in [0.5, 0.6) is 11.5 Å². The summed E-state index contributed by atoms with van der Waals surface area (Å²) in [5.41, 5.74) is 3.17. The zero-order valence-electron chi connectivity index (χ0n) is 19.9. The van der Waals surface area contributed by atoms with Gasteiger partial charge in [-0.2, -0.15) is 0 Å². The molecule has 3 aromatic rings. The van der Waals surface area contributed by atoms with E-state index in [4.69, 9.17) is 15.6 Å². The Labute approximate surface area is 205 Å². The highest BCUT2D eigenvalue weighted by Crippen LogP contribution is 2.25. The smallest absolute Gasteiger partial charge is 0.336 e. The molecule has 0 unspecified atom stereocenters. The van der Waals surface area contributed by atoms with E-state index < -0.39 is 17.9 Å².